The summed E-state index contributed by atoms with van der Waals surface area (Å²) in [7, 11) is 7.00. The lowest BCUT2D eigenvalue weighted by Crippen LogP contribution is -2.42. The molecule has 1 N–H and O–H groups in total. The lowest BCUT2D eigenvalue weighted by atomic mass is 10.0. The molecule has 3 rings (SSSR count). The lowest BCUT2D eigenvalue weighted by molar-refractivity contribution is -0.383. The first kappa shape index (κ1) is 20.6. The fraction of sp³-hybridized carbons (Fsp3) is 0.474. The zero-order valence-corrected chi connectivity index (χ0v) is 17.1. The van der Waals surface area contributed by atoms with Crippen LogP contribution in [0, 0.1) is 10.1 Å². The van der Waals surface area contributed by atoms with Crippen LogP contribution < -0.4 is 19.7 Å². The number of anilines is 3. The van der Waals surface area contributed by atoms with Gasteiger partial charge < -0.3 is 24.6 Å². The third-order valence-electron chi connectivity index (χ3n) is 5.22. The van der Waals surface area contributed by atoms with Crippen molar-refractivity contribution in [1.29, 1.82) is 0 Å². The van der Waals surface area contributed by atoms with Crippen LogP contribution in [0.2, 0.25) is 0 Å². The Morgan fingerprint density at radius 1 is 1.24 bits per heavy atom. The molecule has 1 fully saturated rings. The monoisotopic (exact) mass is 402 g/mol. The summed E-state index contributed by atoms with van der Waals surface area (Å²) in [5.41, 5.74) is 0.348. The van der Waals surface area contributed by atoms with Crippen molar-refractivity contribution in [2.24, 2.45) is 0 Å². The van der Waals surface area contributed by atoms with Gasteiger partial charge in [-0.15, -0.1) is 0 Å². The van der Waals surface area contributed by atoms with E-state index in [1.165, 1.54) is 13.4 Å². The standard InChI is InChI=1S/C19H26N6O4/c1-23-9-7-13(8-10-23)24(2)19-17(25(26)27)18(20-12-21-19)22-15-11-14(28-3)5-6-16(15)29-4/h5-6,11-13H,7-10H2,1-4H3,(H,20,21,22). The molecule has 1 saturated heterocycles. The lowest BCUT2D eigenvalue weighted by Gasteiger charge is -2.35. The molecule has 0 bridgehead atoms. The second-order valence-corrected chi connectivity index (χ2v) is 6.99. The van der Waals surface area contributed by atoms with E-state index < -0.39 is 4.92 Å². The molecule has 0 saturated carbocycles. The van der Waals surface area contributed by atoms with Gasteiger partial charge in [0.2, 0.25) is 11.6 Å². The minimum absolute atomic E-state index is 0.103. The van der Waals surface area contributed by atoms with Crippen molar-refractivity contribution in [2.75, 3.05) is 51.6 Å². The normalized spacial score (nSPS) is 15.0. The van der Waals surface area contributed by atoms with Crippen molar-refractivity contribution in [3.8, 4) is 11.5 Å². The van der Waals surface area contributed by atoms with Gasteiger partial charge in [0.25, 0.3) is 0 Å². The Balaban J connectivity index is 1.96. The Morgan fingerprint density at radius 2 is 1.97 bits per heavy atom. The van der Waals surface area contributed by atoms with E-state index in [4.69, 9.17) is 9.47 Å². The third kappa shape index (κ3) is 4.48. The average molecular weight is 402 g/mol. The first-order valence-corrected chi connectivity index (χ1v) is 9.34. The molecule has 1 aromatic carbocycles. The van der Waals surface area contributed by atoms with Crippen LogP contribution in [0.25, 0.3) is 0 Å². The molecule has 0 aliphatic carbocycles. The number of hydrogen-bond acceptors (Lipinski definition) is 9. The minimum Gasteiger partial charge on any atom is -0.497 e. The second-order valence-electron chi connectivity index (χ2n) is 6.99. The zero-order valence-electron chi connectivity index (χ0n) is 17.1. The second kappa shape index (κ2) is 8.91. The van der Waals surface area contributed by atoms with Crippen LogP contribution >= 0.6 is 0 Å². The smallest absolute Gasteiger partial charge is 0.353 e. The number of likely N-dealkylation sites (tertiary alicyclic amines) is 1. The summed E-state index contributed by atoms with van der Waals surface area (Å²) in [6.45, 7) is 1.89. The Bertz CT molecular complexity index is 870. The van der Waals surface area contributed by atoms with Gasteiger partial charge in [0.15, 0.2) is 0 Å². The van der Waals surface area contributed by atoms with Crippen molar-refractivity contribution in [3.05, 3.63) is 34.6 Å². The van der Waals surface area contributed by atoms with Crippen LogP contribution in [0.1, 0.15) is 12.8 Å². The molecule has 0 unspecified atom stereocenters. The van der Waals surface area contributed by atoms with Crippen LogP contribution in [-0.2, 0) is 0 Å². The quantitative estimate of drug-likeness (QED) is 0.552. The van der Waals surface area contributed by atoms with E-state index >= 15 is 0 Å². The highest BCUT2D eigenvalue weighted by atomic mass is 16.6. The summed E-state index contributed by atoms with van der Waals surface area (Å²) in [5, 5.41) is 15.0. The predicted molar refractivity (Wildman–Crippen MR) is 110 cm³/mol. The van der Waals surface area contributed by atoms with Gasteiger partial charge in [0.1, 0.15) is 17.8 Å². The molecular formula is C19H26N6O4. The summed E-state index contributed by atoms with van der Waals surface area (Å²) in [6, 6.07) is 5.35. The summed E-state index contributed by atoms with van der Waals surface area (Å²) in [4.78, 5) is 24.0. The molecule has 1 aromatic heterocycles. The van der Waals surface area contributed by atoms with E-state index in [9.17, 15) is 10.1 Å². The Labute approximate surface area is 169 Å². The fourth-order valence-electron chi connectivity index (χ4n) is 3.48. The highest BCUT2D eigenvalue weighted by Gasteiger charge is 2.30. The number of ether oxygens (including phenoxy) is 2. The Hall–Kier alpha value is -3.14. The van der Waals surface area contributed by atoms with Gasteiger partial charge in [-0.2, -0.15) is 0 Å². The maximum Gasteiger partial charge on any atom is 0.353 e. The molecule has 1 aliphatic heterocycles. The van der Waals surface area contributed by atoms with Crippen molar-refractivity contribution < 1.29 is 14.4 Å². The van der Waals surface area contributed by atoms with Gasteiger partial charge in [-0.1, -0.05) is 0 Å². The topological polar surface area (TPSA) is 106 Å². The number of piperidine rings is 1. The van der Waals surface area contributed by atoms with Crippen LogP contribution in [0.15, 0.2) is 24.5 Å². The van der Waals surface area contributed by atoms with Crippen LogP contribution in [0.4, 0.5) is 23.0 Å². The highest BCUT2D eigenvalue weighted by Crippen LogP contribution is 2.38. The minimum atomic E-state index is -0.449. The van der Waals surface area contributed by atoms with Crippen LogP contribution in [0.5, 0.6) is 11.5 Å². The van der Waals surface area contributed by atoms with Gasteiger partial charge in [0.05, 0.1) is 24.8 Å². The molecule has 0 spiro atoms. The number of methoxy groups -OCH3 is 2. The molecule has 156 valence electrons. The SMILES string of the molecule is COc1ccc(OC)c(Nc2ncnc(N(C)C3CCN(C)CC3)c2[N+](=O)[O-])c1. The van der Waals surface area contributed by atoms with Crippen molar-refractivity contribution in [2.45, 2.75) is 18.9 Å². The number of aromatic nitrogens is 2. The van der Waals surface area contributed by atoms with Gasteiger partial charge in [0, 0.05) is 19.2 Å². The third-order valence-corrected chi connectivity index (χ3v) is 5.22. The average Bonchev–Trinajstić information content (AvgIpc) is 2.73. The van der Waals surface area contributed by atoms with E-state index in [-0.39, 0.29) is 17.5 Å². The number of nitro groups is 1. The largest absolute Gasteiger partial charge is 0.497 e. The maximum atomic E-state index is 11.9. The molecule has 10 nitrogen and oxygen atoms in total. The number of hydrogen-bond donors (Lipinski definition) is 1. The van der Waals surface area contributed by atoms with Crippen molar-refractivity contribution >= 4 is 23.0 Å². The predicted octanol–water partition coefficient (Wildman–Crippen LogP) is 2.68. The Kier molecular flexibility index (Phi) is 6.32. The highest BCUT2D eigenvalue weighted by molar-refractivity contribution is 5.77. The molecule has 0 radical (unpaired) electrons. The molecule has 29 heavy (non-hydrogen) atoms. The molecular weight excluding hydrogens is 376 g/mol. The molecule has 10 heteroatoms. The molecule has 0 atom stereocenters. The fourth-order valence-corrected chi connectivity index (χ4v) is 3.48. The van der Waals surface area contributed by atoms with Crippen LogP contribution in [-0.4, -0.2) is 67.2 Å². The van der Waals surface area contributed by atoms with E-state index in [1.807, 2.05) is 11.9 Å². The Morgan fingerprint density at radius 3 is 2.59 bits per heavy atom. The van der Waals surface area contributed by atoms with Crippen LogP contribution in [0.3, 0.4) is 0 Å². The van der Waals surface area contributed by atoms with Gasteiger partial charge in [-0.25, -0.2) is 9.97 Å². The van der Waals surface area contributed by atoms with E-state index in [0.29, 0.717) is 23.0 Å². The van der Waals surface area contributed by atoms with Gasteiger partial charge in [-0.05, 0) is 45.1 Å². The molecule has 0 amide bonds. The van der Waals surface area contributed by atoms with E-state index in [0.717, 1.165) is 25.9 Å². The van der Waals surface area contributed by atoms with E-state index in [2.05, 4.69) is 27.2 Å². The maximum absolute atomic E-state index is 11.9. The summed E-state index contributed by atoms with van der Waals surface area (Å²) in [5.74, 6) is 1.51. The zero-order chi connectivity index (χ0) is 21.0. The van der Waals surface area contributed by atoms with E-state index in [1.54, 1.807) is 25.3 Å². The number of rotatable bonds is 7. The first-order valence-electron chi connectivity index (χ1n) is 9.34. The van der Waals surface area contributed by atoms with Crippen molar-refractivity contribution in [1.82, 2.24) is 14.9 Å². The van der Waals surface area contributed by atoms with Crippen molar-refractivity contribution in [3.63, 3.8) is 0 Å². The van der Waals surface area contributed by atoms with Gasteiger partial charge >= 0.3 is 5.69 Å². The van der Waals surface area contributed by atoms with Gasteiger partial charge in [-0.3, -0.25) is 10.1 Å². The number of nitrogens with zero attached hydrogens (tertiary/aromatic N) is 5. The molecule has 2 aromatic rings. The summed E-state index contributed by atoms with van der Waals surface area (Å²) >= 11 is 0. The summed E-state index contributed by atoms with van der Waals surface area (Å²) < 4.78 is 10.6. The molecule has 1 aliphatic rings. The number of benzene rings is 1. The summed E-state index contributed by atoms with van der Waals surface area (Å²) in [6.07, 6.45) is 3.17. The first-order chi connectivity index (χ1) is 13.9. The number of nitrogens with one attached hydrogen (secondary N) is 1. The molecule has 2 heterocycles.